The summed E-state index contributed by atoms with van der Waals surface area (Å²) in [5.74, 6) is 0.733. The van der Waals surface area contributed by atoms with E-state index < -0.39 is 0 Å². The van der Waals surface area contributed by atoms with Crippen molar-refractivity contribution in [3.63, 3.8) is 0 Å². The summed E-state index contributed by atoms with van der Waals surface area (Å²) in [6.07, 6.45) is 0. The van der Waals surface area contributed by atoms with Gasteiger partial charge in [-0.2, -0.15) is 0 Å². The van der Waals surface area contributed by atoms with Crippen LogP contribution in [0.15, 0.2) is 16.5 Å². The van der Waals surface area contributed by atoms with Crippen LogP contribution in [0.4, 0.5) is 0 Å². The maximum Gasteiger partial charge on any atom is 0.287 e. The topological polar surface area (TPSA) is 68.3 Å². The van der Waals surface area contributed by atoms with E-state index in [9.17, 15) is 4.79 Å². The molecule has 14 heavy (non-hydrogen) atoms. The van der Waals surface area contributed by atoms with Crippen LogP contribution in [0.1, 0.15) is 43.1 Å². The molecule has 1 unspecified atom stereocenters. The molecule has 0 bridgehead atoms. The lowest BCUT2D eigenvalue weighted by atomic mass is 10.3. The van der Waals surface area contributed by atoms with Crippen LogP contribution in [0.3, 0.4) is 0 Å². The highest BCUT2D eigenvalue weighted by Gasteiger charge is 2.13. The van der Waals surface area contributed by atoms with E-state index in [2.05, 4.69) is 5.32 Å². The molecule has 1 aromatic rings. The number of amides is 1. The third kappa shape index (κ3) is 2.60. The van der Waals surface area contributed by atoms with E-state index >= 15 is 0 Å². The van der Waals surface area contributed by atoms with E-state index in [1.54, 1.807) is 12.1 Å². The van der Waals surface area contributed by atoms with Crippen molar-refractivity contribution < 1.29 is 9.21 Å². The van der Waals surface area contributed by atoms with Crippen LogP contribution in [0.25, 0.3) is 0 Å². The molecule has 1 heterocycles. The summed E-state index contributed by atoms with van der Waals surface area (Å²) in [6.45, 7) is 5.60. The average molecular weight is 196 g/mol. The van der Waals surface area contributed by atoms with Gasteiger partial charge in [0.15, 0.2) is 5.76 Å². The van der Waals surface area contributed by atoms with Gasteiger partial charge in [0.25, 0.3) is 5.91 Å². The van der Waals surface area contributed by atoms with Gasteiger partial charge in [0, 0.05) is 6.04 Å². The monoisotopic (exact) mass is 196 g/mol. The molecule has 0 saturated heterocycles. The van der Waals surface area contributed by atoms with Crippen molar-refractivity contribution >= 4 is 5.91 Å². The summed E-state index contributed by atoms with van der Waals surface area (Å²) in [4.78, 5) is 11.4. The summed E-state index contributed by atoms with van der Waals surface area (Å²) in [5, 5.41) is 2.74. The molecular weight excluding hydrogens is 180 g/mol. The highest BCUT2D eigenvalue weighted by molar-refractivity contribution is 5.91. The van der Waals surface area contributed by atoms with Crippen LogP contribution in [-0.2, 0) is 0 Å². The van der Waals surface area contributed by atoms with Gasteiger partial charge >= 0.3 is 0 Å². The number of carbonyl (C=O) groups is 1. The van der Waals surface area contributed by atoms with Gasteiger partial charge in [-0.15, -0.1) is 0 Å². The zero-order valence-electron chi connectivity index (χ0n) is 8.70. The molecule has 0 aromatic carbocycles. The molecule has 4 heteroatoms. The molecule has 0 spiro atoms. The van der Waals surface area contributed by atoms with Crippen molar-refractivity contribution in [2.75, 3.05) is 0 Å². The van der Waals surface area contributed by atoms with Crippen LogP contribution in [0.2, 0.25) is 0 Å². The SMILES string of the molecule is CC(C)NC(=O)c1ccc(C(C)N)o1. The fourth-order valence-corrected chi connectivity index (χ4v) is 1.05. The molecule has 1 rings (SSSR count). The Labute approximate surface area is 83.5 Å². The fourth-order valence-electron chi connectivity index (χ4n) is 1.05. The predicted octanol–water partition coefficient (Wildman–Crippen LogP) is 1.44. The Balaban J connectivity index is 2.71. The normalized spacial score (nSPS) is 12.9. The Morgan fingerprint density at radius 2 is 2.07 bits per heavy atom. The molecule has 0 fully saturated rings. The first-order valence-corrected chi connectivity index (χ1v) is 4.67. The Morgan fingerprint density at radius 1 is 1.43 bits per heavy atom. The van der Waals surface area contributed by atoms with E-state index in [0.29, 0.717) is 11.5 Å². The Morgan fingerprint density at radius 3 is 2.50 bits per heavy atom. The van der Waals surface area contributed by atoms with Crippen LogP contribution < -0.4 is 11.1 Å². The van der Waals surface area contributed by atoms with Crippen molar-refractivity contribution in [3.05, 3.63) is 23.7 Å². The van der Waals surface area contributed by atoms with Gasteiger partial charge < -0.3 is 15.5 Å². The molecule has 4 nitrogen and oxygen atoms in total. The van der Waals surface area contributed by atoms with Gasteiger partial charge in [-0.3, -0.25) is 4.79 Å². The van der Waals surface area contributed by atoms with Gasteiger partial charge in [0.2, 0.25) is 0 Å². The lowest BCUT2D eigenvalue weighted by Crippen LogP contribution is -2.29. The number of nitrogens with two attached hydrogens (primary N) is 1. The van der Waals surface area contributed by atoms with Crippen LogP contribution in [0.5, 0.6) is 0 Å². The van der Waals surface area contributed by atoms with Crippen molar-refractivity contribution in [3.8, 4) is 0 Å². The Kier molecular flexibility index (Phi) is 3.30. The van der Waals surface area contributed by atoms with Crippen molar-refractivity contribution in [1.82, 2.24) is 5.32 Å². The zero-order chi connectivity index (χ0) is 10.7. The van der Waals surface area contributed by atoms with E-state index in [4.69, 9.17) is 10.2 Å². The molecule has 0 aliphatic rings. The number of hydrogen-bond donors (Lipinski definition) is 2. The molecular formula is C10H16N2O2. The highest BCUT2D eigenvalue weighted by Crippen LogP contribution is 2.13. The second-order valence-corrected chi connectivity index (χ2v) is 3.62. The quantitative estimate of drug-likeness (QED) is 0.768. The van der Waals surface area contributed by atoms with Crippen molar-refractivity contribution in [2.45, 2.75) is 32.9 Å². The first kappa shape index (κ1) is 10.8. The van der Waals surface area contributed by atoms with Gasteiger partial charge in [0.1, 0.15) is 5.76 Å². The van der Waals surface area contributed by atoms with Gasteiger partial charge in [0.05, 0.1) is 6.04 Å². The minimum absolute atomic E-state index is 0.103. The second kappa shape index (κ2) is 4.28. The molecule has 78 valence electrons. The first-order valence-electron chi connectivity index (χ1n) is 4.67. The smallest absolute Gasteiger partial charge is 0.287 e. The summed E-state index contributed by atoms with van der Waals surface area (Å²) in [6, 6.07) is 3.28. The second-order valence-electron chi connectivity index (χ2n) is 3.62. The number of hydrogen-bond acceptors (Lipinski definition) is 3. The standard InChI is InChI=1S/C10H16N2O2/c1-6(2)12-10(13)9-5-4-8(14-9)7(3)11/h4-7H,11H2,1-3H3,(H,12,13). The Hall–Kier alpha value is -1.29. The van der Waals surface area contributed by atoms with Crippen LogP contribution >= 0.6 is 0 Å². The van der Waals surface area contributed by atoms with E-state index in [-0.39, 0.29) is 18.0 Å². The maximum absolute atomic E-state index is 11.4. The van der Waals surface area contributed by atoms with Crippen molar-refractivity contribution in [2.24, 2.45) is 5.73 Å². The molecule has 3 N–H and O–H groups in total. The third-order valence-electron chi connectivity index (χ3n) is 1.72. The molecule has 0 radical (unpaired) electrons. The van der Waals surface area contributed by atoms with E-state index in [1.807, 2.05) is 20.8 Å². The maximum atomic E-state index is 11.4. The fraction of sp³-hybridized carbons (Fsp3) is 0.500. The lowest BCUT2D eigenvalue weighted by Gasteiger charge is -2.05. The lowest BCUT2D eigenvalue weighted by molar-refractivity contribution is 0.0913. The number of furan rings is 1. The minimum atomic E-state index is -0.202. The molecule has 0 aliphatic heterocycles. The molecule has 1 atom stereocenters. The highest BCUT2D eigenvalue weighted by atomic mass is 16.4. The largest absolute Gasteiger partial charge is 0.454 e. The summed E-state index contributed by atoms with van der Waals surface area (Å²) < 4.78 is 5.27. The molecule has 0 saturated carbocycles. The first-order chi connectivity index (χ1) is 6.50. The number of rotatable bonds is 3. The van der Waals surface area contributed by atoms with Gasteiger partial charge in [-0.25, -0.2) is 0 Å². The van der Waals surface area contributed by atoms with E-state index in [1.165, 1.54) is 0 Å². The molecule has 1 amide bonds. The summed E-state index contributed by atoms with van der Waals surface area (Å²) in [5.41, 5.74) is 5.60. The average Bonchev–Trinajstić information content (AvgIpc) is 2.50. The van der Waals surface area contributed by atoms with Gasteiger partial charge in [-0.1, -0.05) is 0 Å². The van der Waals surface area contributed by atoms with Crippen molar-refractivity contribution in [1.29, 1.82) is 0 Å². The van der Waals surface area contributed by atoms with Crippen LogP contribution in [-0.4, -0.2) is 11.9 Å². The number of nitrogens with one attached hydrogen (secondary N) is 1. The number of carbonyl (C=O) groups excluding carboxylic acids is 1. The predicted molar refractivity (Wildman–Crippen MR) is 53.9 cm³/mol. The molecule has 1 aromatic heterocycles. The molecule has 0 aliphatic carbocycles. The van der Waals surface area contributed by atoms with Gasteiger partial charge in [-0.05, 0) is 32.9 Å². The summed E-state index contributed by atoms with van der Waals surface area (Å²) >= 11 is 0. The minimum Gasteiger partial charge on any atom is -0.454 e. The zero-order valence-corrected chi connectivity index (χ0v) is 8.70. The van der Waals surface area contributed by atoms with Crippen LogP contribution in [0, 0.1) is 0 Å². The third-order valence-corrected chi connectivity index (χ3v) is 1.72. The van der Waals surface area contributed by atoms with E-state index in [0.717, 1.165) is 0 Å². The Bertz CT molecular complexity index is 316. The summed E-state index contributed by atoms with van der Waals surface area (Å²) in [7, 11) is 0.